The van der Waals surface area contributed by atoms with E-state index in [0.717, 1.165) is 12.0 Å². The van der Waals surface area contributed by atoms with Gasteiger partial charge in [-0.1, -0.05) is 74.0 Å². The Morgan fingerprint density at radius 3 is 2.32 bits per heavy atom. The van der Waals surface area contributed by atoms with Crippen LogP contribution in [-0.2, 0) is 16.8 Å². The largest absolute Gasteiger partial charge is 0.772 e. The second-order valence-electron chi connectivity index (χ2n) is 5.96. The van der Waals surface area contributed by atoms with Crippen molar-refractivity contribution in [2.75, 3.05) is 0 Å². The van der Waals surface area contributed by atoms with E-state index in [2.05, 4.69) is 25.6 Å². The predicted molar refractivity (Wildman–Crippen MR) is 94.6 cm³/mol. The Labute approximate surface area is 138 Å². The first-order valence-electron chi connectivity index (χ1n) is 8.43. The molecular weight excluding hydrogens is 292 g/mol. The summed E-state index contributed by atoms with van der Waals surface area (Å²) >= 11 is -2.01. The molecule has 0 spiro atoms. The van der Waals surface area contributed by atoms with Crippen LogP contribution in [0, 0.1) is 0 Å². The summed E-state index contributed by atoms with van der Waals surface area (Å²) in [7, 11) is 0. The summed E-state index contributed by atoms with van der Waals surface area (Å²) in [5.41, 5.74) is 2.23. The van der Waals surface area contributed by atoms with Gasteiger partial charge in [-0.3, -0.25) is 4.21 Å². The Hall–Kier alpha value is -0.930. The molecule has 3 heteroatoms. The fourth-order valence-corrected chi connectivity index (χ4v) is 3.28. The van der Waals surface area contributed by atoms with Crippen LogP contribution in [0.1, 0.15) is 75.3 Å². The van der Waals surface area contributed by atoms with Crippen molar-refractivity contribution in [3.8, 4) is 0 Å². The second kappa shape index (κ2) is 11.6. The summed E-state index contributed by atoms with van der Waals surface area (Å²) in [5.74, 6) is 0.711. The van der Waals surface area contributed by atoms with Crippen molar-refractivity contribution >= 4 is 11.1 Å². The third-order valence-corrected chi connectivity index (χ3v) is 4.67. The lowest BCUT2D eigenvalue weighted by molar-refractivity contribution is 0.510. The van der Waals surface area contributed by atoms with Crippen LogP contribution in [0.2, 0.25) is 0 Å². The smallest absolute Gasteiger partial charge is 0.0353 e. The minimum atomic E-state index is -2.01. The van der Waals surface area contributed by atoms with Gasteiger partial charge in [-0.25, -0.2) is 0 Å². The van der Waals surface area contributed by atoms with Gasteiger partial charge < -0.3 is 4.55 Å². The maximum absolute atomic E-state index is 10.8. The van der Waals surface area contributed by atoms with Crippen molar-refractivity contribution in [1.29, 1.82) is 0 Å². The van der Waals surface area contributed by atoms with E-state index in [1.807, 2.05) is 18.2 Å². The van der Waals surface area contributed by atoms with Crippen LogP contribution in [0.5, 0.6) is 0 Å². The van der Waals surface area contributed by atoms with Gasteiger partial charge in [0.2, 0.25) is 0 Å². The van der Waals surface area contributed by atoms with Crippen LogP contribution < -0.4 is 0 Å². The molecule has 1 aromatic carbocycles. The lowest BCUT2D eigenvalue weighted by Gasteiger charge is -2.18. The zero-order valence-corrected chi connectivity index (χ0v) is 14.6. The van der Waals surface area contributed by atoms with E-state index in [0.29, 0.717) is 5.92 Å². The van der Waals surface area contributed by atoms with Gasteiger partial charge in [-0.15, -0.1) is 6.58 Å². The standard InChI is InChI=1S/C19H30O2S/c1-3-5-7-9-11-18(10-8-6-4-2)19-14-12-17(13-15-19)16-22(20)21/h3,12-15,18H,1,4-11,16H2,2H3,(H,20,21)/p-1. The number of benzene rings is 1. The third-order valence-electron chi connectivity index (χ3n) is 4.10. The minimum Gasteiger partial charge on any atom is -0.772 e. The lowest BCUT2D eigenvalue weighted by atomic mass is 9.88. The van der Waals surface area contributed by atoms with Gasteiger partial charge in [0.15, 0.2) is 0 Å². The molecule has 0 aliphatic heterocycles. The zero-order chi connectivity index (χ0) is 16.2. The Balaban J connectivity index is 2.62. The van der Waals surface area contributed by atoms with E-state index in [1.54, 1.807) is 0 Å². The number of rotatable bonds is 12. The van der Waals surface area contributed by atoms with Gasteiger partial charge in [-0.2, -0.15) is 0 Å². The molecule has 0 aliphatic rings. The third kappa shape index (κ3) is 7.90. The maximum Gasteiger partial charge on any atom is 0.0353 e. The van der Waals surface area contributed by atoms with E-state index in [4.69, 9.17) is 0 Å². The molecular formula is C19H29O2S-. The molecule has 0 heterocycles. The van der Waals surface area contributed by atoms with Gasteiger partial charge in [0, 0.05) is 5.75 Å². The molecule has 0 fully saturated rings. The van der Waals surface area contributed by atoms with Crippen molar-refractivity contribution in [3.63, 3.8) is 0 Å². The van der Waals surface area contributed by atoms with Crippen LogP contribution in [-0.4, -0.2) is 8.76 Å². The highest BCUT2D eigenvalue weighted by Crippen LogP contribution is 2.28. The highest BCUT2D eigenvalue weighted by atomic mass is 32.2. The van der Waals surface area contributed by atoms with Crippen LogP contribution in [0.15, 0.2) is 36.9 Å². The zero-order valence-electron chi connectivity index (χ0n) is 13.8. The van der Waals surface area contributed by atoms with Gasteiger partial charge in [-0.05, 0) is 42.7 Å². The normalized spacial score (nSPS) is 13.7. The molecule has 0 saturated heterocycles. The van der Waals surface area contributed by atoms with Crippen molar-refractivity contribution in [3.05, 3.63) is 48.0 Å². The molecule has 124 valence electrons. The molecule has 0 radical (unpaired) electrons. The average Bonchev–Trinajstić information content (AvgIpc) is 2.50. The summed E-state index contributed by atoms with van der Waals surface area (Å²) in [6, 6.07) is 8.15. The highest BCUT2D eigenvalue weighted by molar-refractivity contribution is 7.78. The molecule has 0 aromatic heterocycles. The topological polar surface area (TPSA) is 40.1 Å². The van der Waals surface area contributed by atoms with Gasteiger partial charge in [0.1, 0.15) is 0 Å². The molecule has 2 nitrogen and oxygen atoms in total. The van der Waals surface area contributed by atoms with Crippen LogP contribution in [0.3, 0.4) is 0 Å². The number of allylic oxidation sites excluding steroid dienone is 1. The molecule has 1 rings (SSSR count). The average molecular weight is 322 g/mol. The molecule has 22 heavy (non-hydrogen) atoms. The van der Waals surface area contributed by atoms with Gasteiger partial charge in [0.05, 0.1) is 0 Å². The van der Waals surface area contributed by atoms with Crippen LogP contribution >= 0.6 is 0 Å². The molecule has 0 saturated carbocycles. The van der Waals surface area contributed by atoms with Gasteiger partial charge >= 0.3 is 0 Å². The molecule has 2 atom stereocenters. The second-order valence-corrected chi connectivity index (χ2v) is 6.85. The number of hydrogen-bond acceptors (Lipinski definition) is 2. The van der Waals surface area contributed by atoms with Crippen molar-refractivity contribution < 1.29 is 8.76 Å². The quantitative estimate of drug-likeness (QED) is 0.291. The Kier molecular flexibility index (Phi) is 10.1. The molecule has 0 N–H and O–H groups in total. The van der Waals surface area contributed by atoms with E-state index in [1.165, 1.54) is 50.5 Å². The first-order chi connectivity index (χ1) is 10.7. The monoisotopic (exact) mass is 321 g/mol. The van der Waals surface area contributed by atoms with Crippen molar-refractivity contribution in [2.24, 2.45) is 0 Å². The van der Waals surface area contributed by atoms with E-state index in [-0.39, 0.29) is 5.75 Å². The molecule has 2 unspecified atom stereocenters. The van der Waals surface area contributed by atoms with Crippen molar-refractivity contribution in [1.82, 2.24) is 0 Å². The first kappa shape index (κ1) is 19.1. The summed E-state index contributed by atoms with van der Waals surface area (Å²) < 4.78 is 21.5. The molecule has 0 amide bonds. The fourth-order valence-electron chi connectivity index (χ4n) is 2.82. The fraction of sp³-hybridized carbons (Fsp3) is 0.579. The molecule has 0 bridgehead atoms. The van der Waals surface area contributed by atoms with E-state index >= 15 is 0 Å². The maximum atomic E-state index is 10.8. The summed E-state index contributed by atoms with van der Waals surface area (Å²) in [5, 5.41) is 0. The summed E-state index contributed by atoms with van der Waals surface area (Å²) in [6.07, 6.45) is 11.8. The Morgan fingerprint density at radius 1 is 1.14 bits per heavy atom. The summed E-state index contributed by atoms with van der Waals surface area (Å²) in [4.78, 5) is 0. The van der Waals surface area contributed by atoms with E-state index in [9.17, 15) is 8.76 Å². The predicted octanol–water partition coefficient (Wildman–Crippen LogP) is 5.48. The van der Waals surface area contributed by atoms with Crippen LogP contribution in [0.4, 0.5) is 0 Å². The van der Waals surface area contributed by atoms with E-state index < -0.39 is 11.1 Å². The number of hydrogen-bond donors (Lipinski definition) is 0. The Morgan fingerprint density at radius 2 is 1.77 bits per heavy atom. The molecule has 1 aromatic rings. The van der Waals surface area contributed by atoms with Crippen molar-refractivity contribution in [2.45, 2.75) is 70.0 Å². The number of unbranched alkanes of at least 4 members (excludes halogenated alkanes) is 4. The SMILES string of the molecule is C=CCCCCC(CCCCC)c1ccc(CS(=O)[O-])cc1. The Bertz CT molecular complexity index is 439. The lowest BCUT2D eigenvalue weighted by Crippen LogP contribution is -2.01. The van der Waals surface area contributed by atoms with Gasteiger partial charge in [0.25, 0.3) is 0 Å². The molecule has 0 aliphatic carbocycles. The highest BCUT2D eigenvalue weighted by Gasteiger charge is 2.11. The first-order valence-corrected chi connectivity index (χ1v) is 9.67. The summed E-state index contributed by atoms with van der Waals surface area (Å²) in [6.45, 7) is 6.01. The van der Waals surface area contributed by atoms with Crippen LogP contribution in [0.25, 0.3) is 0 Å². The minimum absolute atomic E-state index is 0.111.